The lowest BCUT2D eigenvalue weighted by Crippen LogP contribution is -2.34. The van der Waals surface area contributed by atoms with E-state index in [0.717, 1.165) is 49.0 Å². The van der Waals surface area contributed by atoms with E-state index in [-0.39, 0.29) is 28.3 Å². The van der Waals surface area contributed by atoms with Crippen LogP contribution in [0.5, 0.6) is 0 Å². The summed E-state index contributed by atoms with van der Waals surface area (Å²) in [5.74, 6) is 0.262. The number of hydrogen-bond donors (Lipinski definition) is 5. The van der Waals surface area contributed by atoms with Gasteiger partial charge < -0.3 is 21.8 Å². The number of aryl methyl sites for hydroxylation is 1. The molecule has 8 nitrogen and oxygen atoms in total. The van der Waals surface area contributed by atoms with Crippen molar-refractivity contribution < 1.29 is 4.39 Å². The second-order valence-electron chi connectivity index (χ2n) is 10.8. The Balaban J connectivity index is 1.35. The number of halogens is 2. The molecule has 42 heavy (non-hydrogen) atoms. The van der Waals surface area contributed by atoms with Gasteiger partial charge in [0.2, 0.25) is 0 Å². The number of H-pyrrole nitrogens is 1. The molecular formula is C31H35ClFN7OS. The molecule has 7 N–H and O–H groups in total. The molecule has 2 aromatic heterocycles. The highest BCUT2D eigenvalue weighted by Gasteiger charge is 2.19. The number of nitrogens with zero attached hydrogens (tertiary/aromatic N) is 2. The number of rotatable bonds is 10. The molecule has 11 heteroatoms. The van der Waals surface area contributed by atoms with Gasteiger partial charge in [-0.25, -0.2) is 9.18 Å². The maximum absolute atomic E-state index is 15.1. The fourth-order valence-electron chi connectivity index (χ4n) is 5.27. The highest BCUT2D eigenvalue weighted by Crippen LogP contribution is 2.31. The third kappa shape index (κ3) is 7.12. The number of hydrogen-bond acceptors (Lipinski definition) is 6. The minimum Gasteiger partial charge on any atom is -0.379 e. The molecule has 0 bridgehead atoms. The van der Waals surface area contributed by atoms with Crippen molar-refractivity contribution in [2.24, 2.45) is 11.5 Å². The highest BCUT2D eigenvalue weighted by molar-refractivity contribution is 8.13. The fourth-order valence-corrected chi connectivity index (χ4v) is 6.11. The highest BCUT2D eigenvalue weighted by atomic mass is 35.5. The number of nitrogens with two attached hydrogens (primary N) is 2. The van der Waals surface area contributed by atoms with Gasteiger partial charge in [0.25, 0.3) is 0 Å². The van der Waals surface area contributed by atoms with Crippen molar-refractivity contribution in [3.8, 4) is 16.9 Å². The van der Waals surface area contributed by atoms with E-state index in [1.54, 1.807) is 24.4 Å². The van der Waals surface area contributed by atoms with Crippen LogP contribution in [0, 0.1) is 11.2 Å². The van der Waals surface area contributed by atoms with E-state index in [1.807, 2.05) is 31.2 Å². The van der Waals surface area contributed by atoms with Gasteiger partial charge in [-0.2, -0.15) is 4.98 Å². The summed E-state index contributed by atoms with van der Waals surface area (Å²) in [6, 6.07) is 13.5. The number of thioether (sulfide) groups is 1. The Labute approximate surface area is 253 Å². The van der Waals surface area contributed by atoms with Crippen molar-refractivity contribution >= 4 is 39.6 Å². The zero-order valence-corrected chi connectivity index (χ0v) is 24.9. The lowest BCUT2D eigenvalue weighted by molar-refractivity contribution is 0.459. The first kappa shape index (κ1) is 30.0. The first-order valence-electron chi connectivity index (χ1n) is 14.0. The topological polar surface area (TPSA) is 139 Å². The Morgan fingerprint density at radius 3 is 2.81 bits per heavy atom. The number of fused-ring (bicyclic) bond motifs is 1. The maximum atomic E-state index is 15.1. The Kier molecular flexibility index (Phi) is 9.47. The fraction of sp³-hybridized carbons (Fsp3) is 0.323. The summed E-state index contributed by atoms with van der Waals surface area (Å²) >= 11 is 7.59. The number of amidine groups is 1. The number of aromatic nitrogens is 3. The molecule has 5 rings (SSSR count). The monoisotopic (exact) mass is 607 g/mol. The maximum Gasteiger partial charge on any atom is 0.354 e. The van der Waals surface area contributed by atoms with Gasteiger partial charge in [-0.15, -0.1) is 0 Å². The van der Waals surface area contributed by atoms with E-state index in [9.17, 15) is 4.79 Å². The van der Waals surface area contributed by atoms with Crippen LogP contribution < -0.4 is 22.5 Å². The number of aromatic amines is 1. The predicted octanol–water partition coefficient (Wildman–Crippen LogP) is 5.82. The lowest BCUT2D eigenvalue weighted by atomic mass is 9.97. The molecule has 0 aliphatic carbocycles. The van der Waals surface area contributed by atoms with Gasteiger partial charge in [0, 0.05) is 41.0 Å². The van der Waals surface area contributed by atoms with Crippen molar-refractivity contribution in [1.29, 1.82) is 5.41 Å². The molecule has 3 heterocycles. The summed E-state index contributed by atoms with van der Waals surface area (Å²) in [4.78, 5) is 20.3. The van der Waals surface area contributed by atoms with Crippen LogP contribution in [0.1, 0.15) is 49.8 Å². The normalized spacial score (nSPS) is 17.5. The van der Waals surface area contributed by atoms with Gasteiger partial charge in [0.05, 0.1) is 16.4 Å². The molecule has 220 valence electrons. The van der Waals surface area contributed by atoms with Crippen molar-refractivity contribution in [2.75, 3.05) is 5.75 Å². The molecule has 0 amide bonds. The predicted molar refractivity (Wildman–Crippen MR) is 171 cm³/mol. The van der Waals surface area contributed by atoms with E-state index in [2.05, 4.69) is 27.4 Å². The quantitative estimate of drug-likeness (QED) is 0.0875. The van der Waals surface area contributed by atoms with Gasteiger partial charge in [-0.1, -0.05) is 47.6 Å². The molecule has 0 unspecified atom stereocenters. The summed E-state index contributed by atoms with van der Waals surface area (Å²) < 4.78 is 16.6. The van der Waals surface area contributed by atoms with Crippen LogP contribution in [0.2, 0.25) is 5.02 Å². The minimum atomic E-state index is -0.518. The lowest BCUT2D eigenvalue weighted by Gasteiger charge is -2.27. The Morgan fingerprint density at radius 2 is 2.07 bits per heavy atom. The molecule has 0 spiro atoms. The van der Waals surface area contributed by atoms with Crippen LogP contribution in [-0.4, -0.2) is 37.5 Å². The molecule has 3 atom stereocenters. The van der Waals surface area contributed by atoms with Crippen LogP contribution in [0.3, 0.4) is 0 Å². The van der Waals surface area contributed by atoms with Crippen molar-refractivity contribution in [3.63, 3.8) is 0 Å². The Morgan fingerprint density at radius 1 is 1.29 bits per heavy atom. The minimum absolute atomic E-state index is 0.0544. The zero-order valence-electron chi connectivity index (χ0n) is 23.4. The molecule has 1 aliphatic heterocycles. The SMILES string of the molecule is C[C@H](N)CCCc1cc(Cl)c(F)c(-c2cc3cn(-c4ccc([C@@H]5CC=C[C@@H](CCSC(=N)N)N5)cc4)c(=O)nc3[nH]2)c1. The molecule has 0 radical (unpaired) electrons. The van der Waals surface area contributed by atoms with Gasteiger partial charge in [-0.05, 0) is 80.5 Å². The standard InChI is InChI=1S/C31H35ClFN7OS/c1-18(34)4-2-5-19-14-24(28(33)25(32)15-19)27-16-21-17-40(31(41)39-29(21)38-27)23-10-8-20(9-11-23)26-7-3-6-22(37-26)12-13-42-30(35)36/h3,6,8-11,14-18,22,26,37H,2,4-5,7,12-13,34H2,1H3,(H3,35,36)(H,38,39,41)/t18-,22-,26-/m0/s1. The van der Waals surface area contributed by atoms with E-state index >= 15 is 4.39 Å². The van der Waals surface area contributed by atoms with Crippen molar-refractivity contribution in [1.82, 2.24) is 19.9 Å². The molecule has 0 saturated carbocycles. The van der Waals surface area contributed by atoms with Gasteiger partial charge in [0.15, 0.2) is 11.0 Å². The summed E-state index contributed by atoms with van der Waals surface area (Å²) in [6.07, 6.45) is 10.3. The van der Waals surface area contributed by atoms with Crippen LogP contribution in [0.4, 0.5) is 4.39 Å². The van der Waals surface area contributed by atoms with Crippen LogP contribution in [0.15, 0.2) is 65.6 Å². The summed E-state index contributed by atoms with van der Waals surface area (Å²) in [5.41, 5.74) is 14.8. The van der Waals surface area contributed by atoms with Gasteiger partial charge in [0.1, 0.15) is 5.65 Å². The largest absolute Gasteiger partial charge is 0.379 e. The average Bonchev–Trinajstić information content (AvgIpc) is 3.37. The Hall–Kier alpha value is -3.44. The van der Waals surface area contributed by atoms with Crippen molar-refractivity contribution in [3.05, 3.63) is 93.3 Å². The second-order valence-corrected chi connectivity index (χ2v) is 12.3. The molecule has 1 aliphatic rings. The Bertz CT molecular complexity index is 1660. The number of nitrogens with one attached hydrogen (secondary N) is 3. The first-order valence-corrected chi connectivity index (χ1v) is 15.4. The molecule has 4 aromatic rings. The van der Waals surface area contributed by atoms with E-state index in [4.69, 9.17) is 28.5 Å². The molecule has 0 saturated heterocycles. The van der Waals surface area contributed by atoms with Crippen LogP contribution in [0.25, 0.3) is 28.0 Å². The summed E-state index contributed by atoms with van der Waals surface area (Å²) in [6.45, 7) is 1.96. The number of benzene rings is 2. The van der Waals surface area contributed by atoms with Crippen molar-refractivity contribution in [2.45, 2.75) is 57.2 Å². The van der Waals surface area contributed by atoms with Crippen LogP contribution in [-0.2, 0) is 6.42 Å². The smallest absolute Gasteiger partial charge is 0.354 e. The first-order chi connectivity index (χ1) is 20.2. The van der Waals surface area contributed by atoms with Gasteiger partial charge in [-0.3, -0.25) is 9.98 Å². The third-order valence-electron chi connectivity index (χ3n) is 7.43. The molecular weight excluding hydrogens is 573 g/mol. The third-order valence-corrected chi connectivity index (χ3v) is 8.45. The van der Waals surface area contributed by atoms with Gasteiger partial charge >= 0.3 is 5.69 Å². The van der Waals surface area contributed by atoms with E-state index in [1.165, 1.54) is 16.3 Å². The average molecular weight is 608 g/mol. The van der Waals surface area contributed by atoms with E-state index < -0.39 is 11.5 Å². The second kappa shape index (κ2) is 13.2. The zero-order chi connectivity index (χ0) is 29.8. The van der Waals surface area contributed by atoms with Crippen LogP contribution >= 0.6 is 23.4 Å². The summed E-state index contributed by atoms with van der Waals surface area (Å²) in [7, 11) is 0. The van der Waals surface area contributed by atoms with E-state index in [0.29, 0.717) is 28.0 Å². The summed E-state index contributed by atoms with van der Waals surface area (Å²) in [5, 5.41) is 11.9. The molecule has 0 fully saturated rings. The molecule has 2 aromatic carbocycles.